The van der Waals surface area contributed by atoms with Gasteiger partial charge in [0.2, 0.25) is 5.91 Å². The molecule has 1 fully saturated rings. The molecular weight excluding hydrogens is 246 g/mol. The van der Waals surface area contributed by atoms with Crippen molar-refractivity contribution in [2.45, 2.75) is 43.5 Å². The number of halogens is 1. The lowest BCUT2D eigenvalue weighted by Crippen LogP contribution is -2.33. The summed E-state index contributed by atoms with van der Waals surface area (Å²) in [5, 5.41) is 2.86. The van der Waals surface area contributed by atoms with Crippen LogP contribution < -0.4 is 5.32 Å². The number of rotatable bonds is 4. The maximum atomic E-state index is 11.2. The average Bonchev–Trinajstić information content (AvgIpc) is 2.19. The molecule has 0 saturated carbocycles. The molecule has 0 spiro atoms. The van der Waals surface area contributed by atoms with Crippen LogP contribution in [0.5, 0.6) is 0 Å². The number of hydrogen-bond acceptors (Lipinski definition) is 2. The molecular formula is C10H18BrNO2. The monoisotopic (exact) mass is 263 g/mol. The fraction of sp³-hybridized carbons (Fsp3) is 0.900. The van der Waals surface area contributed by atoms with Crippen molar-refractivity contribution in [1.82, 2.24) is 5.32 Å². The van der Waals surface area contributed by atoms with Crippen molar-refractivity contribution in [2.24, 2.45) is 0 Å². The molecule has 0 aromatic rings. The van der Waals surface area contributed by atoms with Crippen molar-refractivity contribution in [3.63, 3.8) is 0 Å². The summed E-state index contributed by atoms with van der Waals surface area (Å²) >= 11 is 3.22. The Hall–Kier alpha value is -0.0900. The van der Waals surface area contributed by atoms with Gasteiger partial charge in [0.15, 0.2) is 0 Å². The highest BCUT2D eigenvalue weighted by atomic mass is 79.9. The van der Waals surface area contributed by atoms with Crippen LogP contribution in [0.4, 0.5) is 0 Å². The first kappa shape index (κ1) is 12.0. The summed E-state index contributed by atoms with van der Waals surface area (Å²) in [6.07, 6.45) is 4.87. The highest BCUT2D eigenvalue weighted by Gasteiger charge is 2.14. The van der Waals surface area contributed by atoms with Crippen molar-refractivity contribution >= 4 is 21.8 Å². The molecule has 0 aromatic carbocycles. The van der Waals surface area contributed by atoms with E-state index in [1.165, 1.54) is 12.8 Å². The predicted octanol–water partition coefficient (Wildman–Crippen LogP) is 1.85. The minimum atomic E-state index is -0.102. The Morgan fingerprint density at radius 2 is 2.43 bits per heavy atom. The van der Waals surface area contributed by atoms with Crippen LogP contribution in [-0.2, 0) is 9.53 Å². The molecule has 3 nitrogen and oxygen atoms in total. The quantitative estimate of drug-likeness (QED) is 0.787. The summed E-state index contributed by atoms with van der Waals surface area (Å²) in [5.74, 6) is 0.0563. The summed E-state index contributed by atoms with van der Waals surface area (Å²) in [6.45, 7) is 3.43. The van der Waals surface area contributed by atoms with Gasteiger partial charge in [-0.05, 0) is 32.6 Å². The maximum absolute atomic E-state index is 11.2. The molecule has 1 aliphatic heterocycles. The van der Waals surface area contributed by atoms with Crippen molar-refractivity contribution in [1.29, 1.82) is 0 Å². The van der Waals surface area contributed by atoms with Crippen LogP contribution in [0.2, 0.25) is 0 Å². The lowest BCUT2D eigenvalue weighted by molar-refractivity contribution is -0.120. The van der Waals surface area contributed by atoms with E-state index in [1.807, 2.05) is 6.92 Å². The first-order chi connectivity index (χ1) is 6.70. The average molecular weight is 264 g/mol. The number of hydrogen-bond donors (Lipinski definition) is 1. The van der Waals surface area contributed by atoms with Gasteiger partial charge in [0, 0.05) is 13.2 Å². The number of amides is 1. The van der Waals surface area contributed by atoms with Crippen LogP contribution >= 0.6 is 15.9 Å². The van der Waals surface area contributed by atoms with E-state index < -0.39 is 0 Å². The van der Waals surface area contributed by atoms with Gasteiger partial charge in [-0.15, -0.1) is 0 Å². The third kappa shape index (κ3) is 4.42. The second kappa shape index (κ2) is 6.40. The van der Waals surface area contributed by atoms with Crippen LogP contribution in [0.15, 0.2) is 0 Å². The molecule has 1 heterocycles. The summed E-state index contributed by atoms with van der Waals surface area (Å²) < 4.78 is 5.56. The smallest absolute Gasteiger partial charge is 0.233 e. The van der Waals surface area contributed by atoms with Crippen LogP contribution in [-0.4, -0.2) is 30.0 Å². The number of alkyl halides is 1. The van der Waals surface area contributed by atoms with Gasteiger partial charge in [-0.3, -0.25) is 4.79 Å². The minimum absolute atomic E-state index is 0.0563. The lowest BCUT2D eigenvalue weighted by Gasteiger charge is -2.22. The highest BCUT2D eigenvalue weighted by Crippen LogP contribution is 2.14. The Morgan fingerprint density at radius 1 is 1.64 bits per heavy atom. The standard InChI is InChI=1S/C10H18BrNO2/c1-8(11)10(13)12-6-5-9-4-2-3-7-14-9/h8-9H,2-7H2,1H3,(H,12,13). The zero-order valence-corrected chi connectivity index (χ0v) is 10.2. The third-order valence-electron chi connectivity index (χ3n) is 2.40. The minimum Gasteiger partial charge on any atom is -0.378 e. The molecule has 1 rings (SSSR count). The second-order valence-corrected chi connectivity index (χ2v) is 5.06. The van der Waals surface area contributed by atoms with Crippen LogP contribution in [0.1, 0.15) is 32.6 Å². The van der Waals surface area contributed by atoms with Crippen LogP contribution in [0.25, 0.3) is 0 Å². The molecule has 1 aliphatic rings. The largest absolute Gasteiger partial charge is 0.378 e. The molecule has 2 unspecified atom stereocenters. The fourth-order valence-electron chi connectivity index (χ4n) is 1.53. The summed E-state index contributed by atoms with van der Waals surface area (Å²) in [5.41, 5.74) is 0. The summed E-state index contributed by atoms with van der Waals surface area (Å²) in [7, 11) is 0. The van der Waals surface area contributed by atoms with E-state index in [2.05, 4.69) is 21.2 Å². The highest BCUT2D eigenvalue weighted by molar-refractivity contribution is 9.10. The van der Waals surface area contributed by atoms with E-state index in [4.69, 9.17) is 4.74 Å². The molecule has 14 heavy (non-hydrogen) atoms. The Labute approximate surface area is 93.7 Å². The molecule has 0 bridgehead atoms. The van der Waals surface area contributed by atoms with Crippen molar-refractivity contribution < 1.29 is 9.53 Å². The normalized spacial score (nSPS) is 24.3. The van der Waals surface area contributed by atoms with Gasteiger partial charge >= 0.3 is 0 Å². The van der Waals surface area contributed by atoms with Gasteiger partial charge in [-0.25, -0.2) is 0 Å². The first-order valence-corrected chi connectivity index (χ1v) is 6.15. The van der Waals surface area contributed by atoms with Crippen LogP contribution in [0.3, 0.4) is 0 Å². The molecule has 0 aliphatic carbocycles. The SMILES string of the molecule is CC(Br)C(=O)NCCC1CCCCO1. The molecule has 1 N–H and O–H groups in total. The predicted molar refractivity (Wildman–Crippen MR) is 59.6 cm³/mol. The zero-order chi connectivity index (χ0) is 10.4. The molecule has 0 radical (unpaired) electrons. The van der Waals surface area contributed by atoms with E-state index in [9.17, 15) is 4.79 Å². The van der Waals surface area contributed by atoms with Gasteiger partial charge in [0.05, 0.1) is 10.9 Å². The van der Waals surface area contributed by atoms with E-state index in [-0.39, 0.29) is 10.7 Å². The first-order valence-electron chi connectivity index (χ1n) is 5.23. The second-order valence-electron chi connectivity index (χ2n) is 3.68. The summed E-state index contributed by atoms with van der Waals surface area (Å²) in [4.78, 5) is 11.1. The fourth-order valence-corrected chi connectivity index (χ4v) is 1.69. The number of nitrogens with one attached hydrogen (secondary N) is 1. The molecule has 4 heteroatoms. The zero-order valence-electron chi connectivity index (χ0n) is 8.59. The molecule has 0 aromatic heterocycles. The third-order valence-corrected chi connectivity index (χ3v) is 2.82. The topological polar surface area (TPSA) is 38.3 Å². The van der Waals surface area contributed by atoms with Gasteiger partial charge in [-0.2, -0.15) is 0 Å². The van der Waals surface area contributed by atoms with Gasteiger partial charge < -0.3 is 10.1 Å². The Morgan fingerprint density at radius 3 is 3.00 bits per heavy atom. The van der Waals surface area contributed by atoms with Gasteiger partial charge in [-0.1, -0.05) is 15.9 Å². The van der Waals surface area contributed by atoms with Gasteiger partial charge in [0.1, 0.15) is 0 Å². The lowest BCUT2D eigenvalue weighted by atomic mass is 10.1. The van der Waals surface area contributed by atoms with Crippen molar-refractivity contribution in [2.75, 3.05) is 13.2 Å². The number of carbonyl (C=O) groups is 1. The molecule has 2 atom stereocenters. The van der Waals surface area contributed by atoms with Gasteiger partial charge in [0.25, 0.3) is 0 Å². The van der Waals surface area contributed by atoms with Crippen molar-refractivity contribution in [3.05, 3.63) is 0 Å². The Balaban J connectivity index is 2.05. The molecule has 82 valence electrons. The summed E-state index contributed by atoms with van der Waals surface area (Å²) in [6, 6.07) is 0. The Kier molecular flexibility index (Phi) is 5.48. The van der Waals surface area contributed by atoms with E-state index in [1.54, 1.807) is 0 Å². The van der Waals surface area contributed by atoms with Crippen LogP contribution in [0, 0.1) is 0 Å². The van der Waals surface area contributed by atoms with E-state index >= 15 is 0 Å². The Bertz CT molecular complexity index is 179. The van der Waals surface area contributed by atoms with E-state index in [0.717, 1.165) is 26.0 Å². The van der Waals surface area contributed by atoms with E-state index in [0.29, 0.717) is 6.10 Å². The number of ether oxygens (including phenoxy) is 1. The number of carbonyl (C=O) groups excluding carboxylic acids is 1. The molecule has 1 saturated heterocycles. The molecule has 1 amide bonds. The van der Waals surface area contributed by atoms with Crippen molar-refractivity contribution in [3.8, 4) is 0 Å². The maximum Gasteiger partial charge on any atom is 0.233 e.